The Kier molecular flexibility index (Phi) is 4.53. The SMILES string of the molecule is CC1=C(C)[C@H]([C@H]2O[C@@]3(O)C[C@@H]4c5c(O)cccc5[C@H](O)C[C@H]4[C@@H]4CC[C@@](O)([C@@H]2C)[C@]43C)OC1=O. The summed E-state index contributed by atoms with van der Waals surface area (Å²) in [7, 11) is 0. The number of aliphatic hydroxyl groups is 3. The molecule has 0 bridgehead atoms. The van der Waals surface area contributed by atoms with Crippen LogP contribution in [0.5, 0.6) is 5.75 Å². The van der Waals surface area contributed by atoms with Crippen LogP contribution in [0, 0.1) is 23.2 Å². The van der Waals surface area contributed by atoms with Gasteiger partial charge in [0.1, 0.15) is 11.9 Å². The molecule has 184 valence electrons. The molecule has 3 aliphatic carbocycles. The predicted molar refractivity (Wildman–Crippen MR) is 122 cm³/mol. The lowest BCUT2D eigenvalue weighted by Crippen LogP contribution is -2.74. The minimum atomic E-state index is -1.69. The van der Waals surface area contributed by atoms with Crippen molar-refractivity contribution in [1.82, 2.24) is 0 Å². The van der Waals surface area contributed by atoms with Gasteiger partial charge in [0.25, 0.3) is 0 Å². The van der Waals surface area contributed by atoms with Crippen molar-refractivity contribution < 1.29 is 34.7 Å². The van der Waals surface area contributed by atoms with Crippen LogP contribution in [0.1, 0.15) is 76.5 Å². The number of hydrogen-bond acceptors (Lipinski definition) is 7. The van der Waals surface area contributed by atoms with Crippen LogP contribution >= 0.6 is 0 Å². The molecule has 0 unspecified atom stereocenters. The normalized spacial score (nSPS) is 49.4. The summed E-state index contributed by atoms with van der Waals surface area (Å²) in [5.41, 5.74) is 0.490. The Morgan fingerprint density at radius 1 is 1.18 bits per heavy atom. The Labute approximate surface area is 199 Å². The van der Waals surface area contributed by atoms with Crippen molar-refractivity contribution >= 4 is 5.97 Å². The monoisotopic (exact) mass is 470 g/mol. The highest BCUT2D eigenvalue weighted by atomic mass is 16.7. The second kappa shape index (κ2) is 6.84. The third-order valence-corrected chi connectivity index (χ3v) is 10.6. The summed E-state index contributed by atoms with van der Waals surface area (Å²) < 4.78 is 12.2. The number of ether oxygens (including phenoxy) is 2. The molecule has 0 spiro atoms. The molecule has 6 rings (SSSR count). The van der Waals surface area contributed by atoms with Gasteiger partial charge in [-0.25, -0.2) is 4.79 Å². The minimum absolute atomic E-state index is 0.00404. The molecule has 2 heterocycles. The Morgan fingerprint density at radius 3 is 2.59 bits per heavy atom. The number of phenolic OH excluding ortho intramolecular Hbond substituents is 1. The van der Waals surface area contributed by atoms with Gasteiger partial charge in [-0.1, -0.05) is 26.0 Å². The third kappa shape index (κ3) is 2.44. The first-order valence-electron chi connectivity index (χ1n) is 12.5. The van der Waals surface area contributed by atoms with Gasteiger partial charge in [0.05, 0.1) is 17.1 Å². The fraction of sp³-hybridized carbons (Fsp3) is 0.667. The van der Waals surface area contributed by atoms with Gasteiger partial charge in [0, 0.05) is 23.5 Å². The molecule has 0 amide bonds. The molecule has 3 fully saturated rings. The highest BCUT2D eigenvalue weighted by Crippen LogP contribution is 2.73. The zero-order chi connectivity index (χ0) is 24.4. The molecule has 7 heteroatoms. The first-order chi connectivity index (χ1) is 15.9. The average molecular weight is 471 g/mol. The van der Waals surface area contributed by atoms with Crippen molar-refractivity contribution in [2.75, 3.05) is 0 Å². The minimum Gasteiger partial charge on any atom is -0.508 e. The summed E-state index contributed by atoms with van der Waals surface area (Å²) in [4.78, 5) is 12.3. The van der Waals surface area contributed by atoms with Crippen LogP contribution in [-0.2, 0) is 14.3 Å². The molecule has 2 saturated carbocycles. The number of fused-ring (bicyclic) bond motifs is 4. The van der Waals surface area contributed by atoms with Crippen LogP contribution in [0.3, 0.4) is 0 Å². The number of carbonyl (C=O) groups excluding carboxylic acids is 1. The number of benzene rings is 1. The van der Waals surface area contributed by atoms with Gasteiger partial charge in [-0.3, -0.25) is 0 Å². The molecule has 2 aliphatic heterocycles. The summed E-state index contributed by atoms with van der Waals surface area (Å²) in [6.45, 7) is 7.42. The fourth-order valence-corrected chi connectivity index (χ4v) is 8.53. The van der Waals surface area contributed by atoms with Crippen LogP contribution < -0.4 is 0 Å². The van der Waals surface area contributed by atoms with E-state index in [4.69, 9.17) is 9.47 Å². The highest BCUT2D eigenvalue weighted by molar-refractivity contribution is 5.91. The predicted octanol–water partition coefficient (Wildman–Crippen LogP) is 3.07. The topological polar surface area (TPSA) is 116 Å². The molecule has 1 saturated heterocycles. The van der Waals surface area contributed by atoms with Crippen molar-refractivity contribution in [3.8, 4) is 5.75 Å². The van der Waals surface area contributed by atoms with Crippen molar-refractivity contribution in [2.45, 2.75) is 89.0 Å². The largest absolute Gasteiger partial charge is 0.508 e. The van der Waals surface area contributed by atoms with Crippen LogP contribution in [-0.4, -0.2) is 50.0 Å². The van der Waals surface area contributed by atoms with Gasteiger partial charge in [0.15, 0.2) is 11.9 Å². The quantitative estimate of drug-likeness (QED) is 0.466. The lowest BCUT2D eigenvalue weighted by Gasteiger charge is -2.66. The molecule has 5 aliphatic rings. The van der Waals surface area contributed by atoms with E-state index in [1.165, 1.54) is 0 Å². The number of cyclic esters (lactones) is 1. The van der Waals surface area contributed by atoms with Crippen LogP contribution in [0.25, 0.3) is 0 Å². The van der Waals surface area contributed by atoms with Gasteiger partial charge < -0.3 is 29.9 Å². The number of carbonyl (C=O) groups is 1. The maximum atomic E-state index is 12.3. The Bertz CT molecular complexity index is 1110. The Hall–Kier alpha value is -1.93. The summed E-state index contributed by atoms with van der Waals surface area (Å²) >= 11 is 0. The number of phenols is 1. The molecular weight excluding hydrogens is 436 g/mol. The van der Waals surface area contributed by atoms with Crippen LogP contribution in [0.2, 0.25) is 0 Å². The number of aromatic hydroxyl groups is 1. The van der Waals surface area contributed by atoms with Gasteiger partial charge in [-0.15, -0.1) is 0 Å². The second-order valence-corrected chi connectivity index (χ2v) is 11.6. The van der Waals surface area contributed by atoms with E-state index in [-0.39, 0.29) is 35.8 Å². The standard InChI is InChI=1S/C27H34O7/c1-12-13(2)24(30)33-22(12)23-14(3)26(31)9-8-18-16-10-20(29)15-6-5-7-19(28)21(15)17(16)11-27(32,34-23)25(18,26)4/h5-7,14,16-18,20,22-23,28-29,31-32H,8-11H2,1-4H3/t14-,16-,17+,18+,20-,22-,23+,25+,26-,27+/m1/s1. The molecule has 1 aromatic rings. The van der Waals surface area contributed by atoms with E-state index < -0.39 is 41.1 Å². The first-order valence-corrected chi connectivity index (χ1v) is 12.5. The molecule has 4 N–H and O–H groups in total. The van der Waals surface area contributed by atoms with E-state index >= 15 is 0 Å². The van der Waals surface area contributed by atoms with E-state index in [2.05, 4.69) is 0 Å². The summed E-state index contributed by atoms with van der Waals surface area (Å²) in [6, 6.07) is 5.19. The lowest BCUT2D eigenvalue weighted by molar-refractivity contribution is -0.407. The van der Waals surface area contributed by atoms with E-state index in [1.54, 1.807) is 19.1 Å². The van der Waals surface area contributed by atoms with E-state index in [1.807, 2.05) is 26.8 Å². The van der Waals surface area contributed by atoms with E-state index in [9.17, 15) is 25.2 Å². The number of esters is 1. The van der Waals surface area contributed by atoms with Crippen molar-refractivity contribution in [2.24, 2.45) is 23.2 Å². The van der Waals surface area contributed by atoms with Gasteiger partial charge in [0.2, 0.25) is 0 Å². The van der Waals surface area contributed by atoms with Crippen LogP contribution in [0.15, 0.2) is 29.3 Å². The zero-order valence-corrected chi connectivity index (χ0v) is 20.1. The Balaban J connectivity index is 1.48. The number of aliphatic hydroxyl groups excluding tert-OH is 1. The summed E-state index contributed by atoms with van der Waals surface area (Å²) in [6.07, 6.45) is -0.168. The third-order valence-electron chi connectivity index (χ3n) is 10.6. The van der Waals surface area contributed by atoms with Crippen molar-refractivity contribution in [3.05, 3.63) is 40.5 Å². The molecule has 0 aromatic heterocycles. The fourth-order valence-electron chi connectivity index (χ4n) is 8.53. The van der Waals surface area contributed by atoms with E-state index in [0.29, 0.717) is 36.0 Å². The van der Waals surface area contributed by atoms with Crippen LogP contribution in [0.4, 0.5) is 0 Å². The van der Waals surface area contributed by atoms with E-state index in [0.717, 1.165) is 5.57 Å². The second-order valence-electron chi connectivity index (χ2n) is 11.6. The molecular formula is C27H34O7. The zero-order valence-electron chi connectivity index (χ0n) is 20.1. The highest BCUT2D eigenvalue weighted by Gasteiger charge is 2.77. The summed E-state index contributed by atoms with van der Waals surface area (Å²) in [5.74, 6) is -2.67. The average Bonchev–Trinajstić information content (AvgIpc) is 3.22. The van der Waals surface area contributed by atoms with Gasteiger partial charge in [-0.05, 0) is 68.1 Å². The van der Waals surface area contributed by atoms with Gasteiger partial charge in [-0.2, -0.15) is 0 Å². The molecule has 7 nitrogen and oxygen atoms in total. The molecule has 0 radical (unpaired) electrons. The van der Waals surface area contributed by atoms with Crippen molar-refractivity contribution in [1.29, 1.82) is 0 Å². The first kappa shape index (κ1) is 22.5. The maximum absolute atomic E-state index is 12.3. The molecule has 34 heavy (non-hydrogen) atoms. The summed E-state index contributed by atoms with van der Waals surface area (Å²) in [5, 5.41) is 46.3. The number of hydrogen-bond donors (Lipinski definition) is 4. The maximum Gasteiger partial charge on any atom is 0.334 e. The van der Waals surface area contributed by atoms with Crippen molar-refractivity contribution in [3.63, 3.8) is 0 Å². The van der Waals surface area contributed by atoms with Gasteiger partial charge >= 0.3 is 5.97 Å². The lowest BCUT2D eigenvalue weighted by atomic mass is 9.47. The molecule has 1 aromatic carbocycles. The Morgan fingerprint density at radius 2 is 1.91 bits per heavy atom. The number of rotatable bonds is 1. The molecule has 10 atom stereocenters. The smallest absolute Gasteiger partial charge is 0.334 e.